The molecule has 1 saturated heterocycles. The lowest BCUT2D eigenvalue weighted by atomic mass is 9.99. The van der Waals surface area contributed by atoms with Gasteiger partial charge in [-0.15, -0.1) is 0 Å². The van der Waals surface area contributed by atoms with E-state index < -0.39 is 5.97 Å². The summed E-state index contributed by atoms with van der Waals surface area (Å²) in [5.74, 6) is -1.21. The molecule has 23 heavy (non-hydrogen) atoms. The summed E-state index contributed by atoms with van der Waals surface area (Å²) >= 11 is 0. The van der Waals surface area contributed by atoms with Crippen molar-refractivity contribution >= 4 is 17.6 Å². The number of ether oxygens (including phenoxy) is 1. The Balaban J connectivity index is 1.82. The van der Waals surface area contributed by atoms with E-state index in [1.165, 1.54) is 10.7 Å². The molecule has 2 heterocycles. The van der Waals surface area contributed by atoms with E-state index in [1.807, 2.05) is 12.1 Å². The van der Waals surface area contributed by atoms with Gasteiger partial charge in [0.2, 0.25) is 5.91 Å². The molecule has 1 fully saturated rings. The first-order chi connectivity index (χ1) is 11.1. The summed E-state index contributed by atoms with van der Waals surface area (Å²) in [4.78, 5) is 23.3. The van der Waals surface area contributed by atoms with Crippen LogP contribution in [0.3, 0.4) is 0 Å². The van der Waals surface area contributed by atoms with Gasteiger partial charge in [0.1, 0.15) is 0 Å². The van der Waals surface area contributed by atoms with E-state index in [9.17, 15) is 9.59 Å². The average molecular weight is 315 g/mol. The molecule has 0 radical (unpaired) electrons. The molecule has 0 spiro atoms. The van der Waals surface area contributed by atoms with Gasteiger partial charge < -0.3 is 15.2 Å². The van der Waals surface area contributed by atoms with Gasteiger partial charge in [0.05, 0.1) is 11.4 Å². The second-order valence-electron chi connectivity index (χ2n) is 5.34. The minimum atomic E-state index is -1.09. The number of hydrogen-bond donors (Lipinski definition) is 2. The third-order valence-corrected chi connectivity index (χ3v) is 3.81. The molecule has 0 atom stereocenters. The molecule has 1 aromatic heterocycles. The molecule has 2 aromatic rings. The fraction of sp³-hybridized carbons (Fsp3) is 0.312. The Morgan fingerprint density at radius 1 is 1.22 bits per heavy atom. The molecule has 0 bridgehead atoms. The molecular formula is C16H17N3O4. The van der Waals surface area contributed by atoms with Crippen LogP contribution in [0.4, 0.5) is 5.69 Å². The molecule has 3 rings (SSSR count). The highest BCUT2D eigenvalue weighted by Crippen LogP contribution is 2.22. The van der Waals surface area contributed by atoms with Crippen molar-refractivity contribution in [1.82, 2.24) is 9.78 Å². The predicted molar refractivity (Wildman–Crippen MR) is 82.7 cm³/mol. The van der Waals surface area contributed by atoms with Gasteiger partial charge in [-0.1, -0.05) is 12.1 Å². The third kappa shape index (κ3) is 3.40. The van der Waals surface area contributed by atoms with Crippen LogP contribution in [0.2, 0.25) is 0 Å². The molecule has 7 heteroatoms. The van der Waals surface area contributed by atoms with Crippen molar-refractivity contribution in [2.45, 2.75) is 12.8 Å². The van der Waals surface area contributed by atoms with Crippen LogP contribution < -0.4 is 5.32 Å². The largest absolute Gasteiger partial charge is 0.476 e. The molecule has 1 aliphatic heterocycles. The second-order valence-corrected chi connectivity index (χ2v) is 5.34. The van der Waals surface area contributed by atoms with Gasteiger partial charge in [0.25, 0.3) is 0 Å². The Bertz CT molecular complexity index is 720. The lowest BCUT2D eigenvalue weighted by Crippen LogP contribution is -2.28. The van der Waals surface area contributed by atoms with E-state index in [1.54, 1.807) is 18.3 Å². The van der Waals surface area contributed by atoms with Crippen LogP contribution in [0, 0.1) is 5.92 Å². The van der Waals surface area contributed by atoms with Crippen molar-refractivity contribution in [3.8, 4) is 5.69 Å². The van der Waals surface area contributed by atoms with Gasteiger partial charge in [-0.05, 0) is 31.0 Å². The number of carboxylic acid groups (broad SMARTS) is 1. The number of carboxylic acids is 1. The van der Waals surface area contributed by atoms with E-state index in [-0.39, 0.29) is 17.5 Å². The fourth-order valence-corrected chi connectivity index (χ4v) is 2.55. The highest BCUT2D eigenvalue weighted by Gasteiger charge is 2.22. The van der Waals surface area contributed by atoms with E-state index in [0.717, 1.165) is 0 Å². The summed E-state index contributed by atoms with van der Waals surface area (Å²) in [5.41, 5.74) is 1.18. The first-order valence-corrected chi connectivity index (χ1v) is 7.42. The topological polar surface area (TPSA) is 93.5 Å². The van der Waals surface area contributed by atoms with Crippen LogP contribution in [0.25, 0.3) is 5.69 Å². The zero-order valence-corrected chi connectivity index (χ0v) is 12.4. The number of carbonyl (C=O) groups excluding carboxylic acids is 1. The lowest BCUT2D eigenvalue weighted by molar-refractivity contribution is -0.122. The van der Waals surface area contributed by atoms with E-state index in [2.05, 4.69) is 10.4 Å². The summed E-state index contributed by atoms with van der Waals surface area (Å²) in [6.45, 7) is 1.20. The number of amides is 1. The number of aromatic carboxylic acids is 1. The SMILES string of the molecule is O=C(O)c1ccn(-c2ccccc2NC(=O)C2CCOCC2)n1. The average Bonchev–Trinajstić information content (AvgIpc) is 3.06. The van der Waals surface area contributed by atoms with Crippen LogP contribution in [-0.2, 0) is 9.53 Å². The van der Waals surface area contributed by atoms with Crippen molar-refractivity contribution in [1.29, 1.82) is 0 Å². The molecule has 1 aromatic carbocycles. The molecule has 1 aliphatic rings. The number of aromatic nitrogens is 2. The lowest BCUT2D eigenvalue weighted by Gasteiger charge is -2.21. The van der Waals surface area contributed by atoms with Crippen LogP contribution >= 0.6 is 0 Å². The third-order valence-electron chi connectivity index (χ3n) is 3.81. The number of carbonyl (C=O) groups is 2. The van der Waals surface area contributed by atoms with Crippen molar-refractivity contribution in [3.63, 3.8) is 0 Å². The second kappa shape index (κ2) is 6.62. The molecule has 2 N–H and O–H groups in total. The molecule has 7 nitrogen and oxygen atoms in total. The van der Waals surface area contributed by atoms with Gasteiger partial charge in [-0.3, -0.25) is 4.79 Å². The summed E-state index contributed by atoms with van der Waals surface area (Å²) in [7, 11) is 0. The normalized spacial score (nSPS) is 15.3. The maximum atomic E-state index is 12.4. The van der Waals surface area contributed by atoms with Crippen LogP contribution in [0.5, 0.6) is 0 Å². The zero-order chi connectivity index (χ0) is 16.2. The number of rotatable bonds is 4. The first kappa shape index (κ1) is 15.2. The van der Waals surface area contributed by atoms with Gasteiger partial charge in [-0.2, -0.15) is 5.10 Å². The van der Waals surface area contributed by atoms with Crippen molar-refractivity contribution < 1.29 is 19.4 Å². The van der Waals surface area contributed by atoms with Gasteiger partial charge in [0.15, 0.2) is 5.69 Å². The predicted octanol–water partition coefficient (Wildman–Crippen LogP) is 1.94. The smallest absolute Gasteiger partial charge is 0.356 e. The standard InChI is InChI=1S/C16H17N3O4/c20-15(11-6-9-23-10-7-11)17-12-3-1-2-4-14(12)19-8-5-13(18-19)16(21)22/h1-5,8,11H,6-7,9-10H2,(H,17,20)(H,21,22). The van der Waals surface area contributed by atoms with Crippen LogP contribution in [0.15, 0.2) is 36.5 Å². The number of anilines is 1. The minimum Gasteiger partial charge on any atom is -0.476 e. The Kier molecular flexibility index (Phi) is 4.38. The number of nitrogens with one attached hydrogen (secondary N) is 1. The quantitative estimate of drug-likeness (QED) is 0.899. The maximum absolute atomic E-state index is 12.4. The van der Waals surface area contributed by atoms with E-state index in [0.29, 0.717) is 37.4 Å². The Morgan fingerprint density at radius 2 is 1.96 bits per heavy atom. The number of hydrogen-bond acceptors (Lipinski definition) is 4. The molecule has 1 amide bonds. The summed E-state index contributed by atoms with van der Waals surface area (Å²) < 4.78 is 6.72. The van der Waals surface area contributed by atoms with Crippen LogP contribution in [-0.4, -0.2) is 40.0 Å². The molecule has 0 aliphatic carbocycles. The van der Waals surface area contributed by atoms with Gasteiger partial charge in [-0.25, -0.2) is 9.48 Å². The van der Waals surface area contributed by atoms with Crippen molar-refractivity contribution in [2.75, 3.05) is 18.5 Å². The fourth-order valence-electron chi connectivity index (χ4n) is 2.55. The number of benzene rings is 1. The van der Waals surface area contributed by atoms with Crippen molar-refractivity contribution in [2.24, 2.45) is 5.92 Å². The Hall–Kier alpha value is -2.67. The number of para-hydroxylation sites is 2. The van der Waals surface area contributed by atoms with Gasteiger partial charge in [0, 0.05) is 25.3 Å². The van der Waals surface area contributed by atoms with E-state index in [4.69, 9.17) is 9.84 Å². The Morgan fingerprint density at radius 3 is 2.65 bits per heavy atom. The summed E-state index contributed by atoms with van der Waals surface area (Å²) in [6, 6.07) is 8.58. The van der Waals surface area contributed by atoms with Gasteiger partial charge >= 0.3 is 5.97 Å². The molecule has 120 valence electrons. The van der Waals surface area contributed by atoms with Crippen LogP contribution in [0.1, 0.15) is 23.3 Å². The highest BCUT2D eigenvalue weighted by molar-refractivity contribution is 5.94. The van der Waals surface area contributed by atoms with E-state index >= 15 is 0 Å². The summed E-state index contributed by atoms with van der Waals surface area (Å²) in [5, 5.41) is 15.9. The molecular weight excluding hydrogens is 298 g/mol. The first-order valence-electron chi connectivity index (χ1n) is 7.42. The van der Waals surface area contributed by atoms with Crippen molar-refractivity contribution in [3.05, 3.63) is 42.2 Å². The maximum Gasteiger partial charge on any atom is 0.356 e. The minimum absolute atomic E-state index is 0.0458. The zero-order valence-electron chi connectivity index (χ0n) is 12.4. The monoisotopic (exact) mass is 315 g/mol. The molecule has 0 saturated carbocycles. The molecule has 0 unspecified atom stereocenters. The summed E-state index contributed by atoms with van der Waals surface area (Å²) in [6.07, 6.45) is 2.97. The number of nitrogens with zero attached hydrogens (tertiary/aromatic N) is 2. The highest BCUT2D eigenvalue weighted by atomic mass is 16.5. The Labute approximate surface area is 132 Å².